The van der Waals surface area contributed by atoms with Crippen LogP contribution in [0.2, 0.25) is 0 Å². The quantitative estimate of drug-likeness (QED) is 0.593. The Bertz CT molecular complexity index is 185. The minimum Gasteiger partial charge on any atom is -0.506 e. The topological polar surface area (TPSA) is 33.1 Å². The zero-order valence-corrected chi connectivity index (χ0v) is 6.87. The van der Waals surface area contributed by atoms with E-state index in [1.807, 2.05) is 6.07 Å². The van der Waals surface area contributed by atoms with E-state index >= 15 is 0 Å². The summed E-state index contributed by atoms with van der Waals surface area (Å²) in [5.41, 5.74) is 0.994. The summed E-state index contributed by atoms with van der Waals surface area (Å²) in [6.45, 7) is 0. The van der Waals surface area contributed by atoms with Crippen molar-refractivity contribution in [2.45, 2.75) is 4.43 Å². The Balaban J connectivity index is 2.88. The van der Waals surface area contributed by atoms with Gasteiger partial charge >= 0.3 is 0 Å². The molecule has 3 heteroatoms. The molecule has 9 heavy (non-hydrogen) atoms. The van der Waals surface area contributed by atoms with Crippen LogP contribution in [0.5, 0.6) is 5.75 Å². The summed E-state index contributed by atoms with van der Waals surface area (Å²) in [7, 11) is 0. The molecule has 0 saturated heterocycles. The third-order valence-electron chi connectivity index (χ3n) is 0.946. The van der Waals surface area contributed by atoms with Crippen molar-refractivity contribution in [3.8, 4) is 5.75 Å². The van der Waals surface area contributed by atoms with E-state index in [2.05, 4.69) is 27.6 Å². The van der Waals surface area contributed by atoms with Gasteiger partial charge in [0.1, 0.15) is 5.75 Å². The molecule has 0 unspecified atom stereocenters. The van der Waals surface area contributed by atoms with Crippen LogP contribution < -0.4 is 0 Å². The molecule has 0 radical (unpaired) electrons. The molecule has 1 rings (SSSR count). The van der Waals surface area contributed by atoms with Gasteiger partial charge in [-0.3, -0.25) is 4.98 Å². The minimum atomic E-state index is 0.226. The highest BCUT2D eigenvalue weighted by Gasteiger charge is 1.89. The van der Waals surface area contributed by atoms with E-state index in [-0.39, 0.29) is 5.75 Å². The maximum Gasteiger partial charge on any atom is 0.133 e. The van der Waals surface area contributed by atoms with Crippen LogP contribution in [-0.2, 0) is 4.43 Å². The van der Waals surface area contributed by atoms with Gasteiger partial charge in [0.25, 0.3) is 0 Å². The first kappa shape index (κ1) is 6.80. The SMILES string of the molecule is Oc1ccc(CI)nc1. The Labute approximate surface area is 67.1 Å². The van der Waals surface area contributed by atoms with Crippen LogP contribution in [0.1, 0.15) is 5.69 Å². The molecule has 1 aromatic heterocycles. The predicted octanol–water partition coefficient (Wildman–Crippen LogP) is 1.72. The number of alkyl halides is 1. The third-order valence-corrected chi connectivity index (χ3v) is 1.73. The van der Waals surface area contributed by atoms with E-state index in [1.165, 1.54) is 6.20 Å². The third kappa shape index (κ3) is 1.82. The summed E-state index contributed by atoms with van der Waals surface area (Å²) >= 11 is 2.22. The largest absolute Gasteiger partial charge is 0.506 e. The summed E-state index contributed by atoms with van der Waals surface area (Å²) in [6.07, 6.45) is 1.45. The van der Waals surface area contributed by atoms with Crippen molar-refractivity contribution < 1.29 is 5.11 Å². The van der Waals surface area contributed by atoms with Crippen LogP contribution in [0, 0.1) is 0 Å². The van der Waals surface area contributed by atoms with Crippen molar-refractivity contribution in [3.63, 3.8) is 0 Å². The fourth-order valence-corrected chi connectivity index (χ4v) is 0.947. The number of aromatic hydroxyl groups is 1. The minimum absolute atomic E-state index is 0.226. The van der Waals surface area contributed by atoms with E-state index < -0.39 is 0 Å². The second kappa shape index (κ2) is 3.00. The molecule has 1 aromatic rings. The molecule has 0 aliphatic heterocycles. The van der Waals surface area contributed by atoms with Gasteiger partial charge in [-0.25, -0.2) is 0 Å². The Kier molecular flexibility index (Phi) is 2.27. The number of nitrogens with zero attached hydrogens (tertiary/aromatic N) is 1. The van der Waals surface area contributed by atoms with Gasteiger partial charge in [0.15, 0.2) is 0 Å². The second-order valence-electron chi connectivity index (χ2n) is 1.64. The van der Waals surface area contributed by atoms with E-state index in [9.17, 15) is 0 Å². The molecular formula is C6H6INO. The number of halogens is 1. The molecule has 1 heterocycles. The average Bonchev–Trinajstić information content (AvgIpc) is 1.90. The first-order valence-corrected chi connectivity index (χ1v) is 4.05. The molecule has 48 valence electrons. The molecule has 1 N–H and O–H groups in total. The Morgan fingerprint density at radius 1 is 1.56 bits per heavy atom. The lowest BCUT2D eigenvalue weighted by Gasteiger charge is -1.91. The molecule has 0 saturated carbocycles. The summed E-state index contributed by atoms with van der Waals surface area (Å²) in [5.74, 6) is 0.226. The molecule has 0 fully saturated rings. The smallest absolute Gasteiger partial charge is 0.133 e. The van der Waals surface area contributed by atoms with Gasteiger partial charge in [0.2, 0.25) is 0 Å². The highest BCUT2D eigenvalue weighted by molar-refractivity contribution is 14.1. The predicted molar refractivity (Wildman–Crippen MR) is 43.6 cm³/mol. The number of rotatable bonds is 1. The van der Waals surface area contributed by atoms with Gasteiger partial charge in [-0.05, 0) is 12.1 Å². The molecule has 0 spiro atoms. The molecule has 2 nitrogen and oxygen atoms in total. The highest BCUT2D eigenvalue weighted by Crippen LogP contribution is 2.07. The van der Waals surface area contributed by atoms with Crippen molar-refractivity contribution in [2.24, 2.45) is 0 Å². The highest BCUT2D eigenvalue weighted by atomic mass is 127. The van der Waals surface area contributed by atoms with Gasteiger partial charge in [-0.1, -0.05) is 22.6 Å². The maximum atomic E-state index is 8.79. The van der Waals surface area contributed by atoms with Gasteiger partial charge in [0.05, 0.1) is 11.9 Å². The standard InChI is InChI=1S/C6H6INO/c7-3-5-1-2-6(9)4-8-5/h1-2,4,9H,3H2. The van der Waals surface area contributed by atoms with Crippen molar-refractivity contribution >= 4 is 22.6 Å². The van der Waals surface area contributed by atoms with Crippen molar-refractivity contribution in [2.75, 3.05) is 0 Å². The lowest BCUT2D eigenvalue weighted by molar-refractivity contribution is 0.472. The molecular weight excluding hydrogens is 229 g/mol. The second-order valence-corrected chi connectivity index (χ2v) is 2.40. The summed E-state index contributed by atoms with van der Waals surface area (Å²) < 4.78 is 0.887. The molecule has 0 aliphatic rings. The fourth-order valence-electron chi connectivity index (χ4n) is 0.496. The van der Waals surface area contributed by atoms with Gasteiger partial charge in [-0.2, -0.15) is 0 Å². The van der Waals surface area contributed by atoms with Gasteiger partial charge < -0.3 is 5.11 Å². The zero-order valence-electron chi connectivity index (χ0n) is 4.71. The van der Waals surface area contributed by atoms with E-state index in [0.717, 1.165) is 10.1 Å². The van der Waals surface area contributed by atoms with Gasteiger partial charge in [0, 0.05) is 4.43 Å². The summed E-state index contributed by atoms with van der Waals surface area (Å²) in [5, 5.41) is 8.79. The first-order chi connectivity index (χ1) is 4.33. The van der Waals surface area contributed by atoms with Crippen LogP contribution >= 0.6 is 22.6 Å². The van der Waals surface area contributed by atoms with Gasteiger partial charge in [-0.15, -0.1) is 0 Å². The first-order valence-electron chi connectivity index (χ1n) is 2.53. The molecule has 0 aliphatic carbocycles. The lowest BCUT2D eigenvalue weighted by Crippen LogP contribution is -1.80. The summed E-state index contributed by atoms with van der Waals surface area (Å²) in [6, 6.07) is 3.45. The van der Waals surface area contributed by atoms with E-state index in [4.69, 9.17) is 5.11 Å². The van der Waals surface area contributed by atoms with Crippen LogP contribution in [0.25, 0.3) is 0 Å². The summed E-state index contributed by atoms with van der Waals surface area (Å²) in [4.78, 5) is 3.94. The normalized spacial score (nSPS) is 9.44. The van der Waals surface area contributed by atoms with E-state index in [1.54, 1.807) is 6.07 Å². The number of pyridine rings is 1. The molecule has 0 atom stereocenters. The maximum absolute atomic E-state index is 8.79. The van der Waals surface area contributed by atoms with Crippen molar-refractivity contribution in [1.29, 1.82) is 0 Å². The van der Waals surface area contributed by atoms with Crippen LogP contribution in [0.4, 0.5) is 0 Å². The molecule has 0 aromatic carbocycles. The van der Waals surface area contributed by atoms with Crippen LogP contribution in [0.3, 0.4) is 0 Å². The molecule has 0 amide bonds. The Morgan fingerprint density at radius 3 is 2.78 bits per heavy atom. The molecule has 0 bridgehead atoms. The Hall–Kier alpha value is -0.320. The lowest BCUT2D eigenvalue weighted by atomic mass is 10.4. The zero-order chi connectivity index (χ0) is 6.69. The number of aromatic nitrogens is 1. The van der Waals surface area contributed by atoms with E-state index in [0.29, 0.717) is 0 Å². The monoisotopic (exact) mass is 235 g/mol. The van der Waals surface area contributed by atoms with Crippen LogP contribution in [0.15, 0.2) is 18.3 Å². The van der Waals surface area contributed by atoms with Crippen molar-refractivity contribution in [1.82, 2.24) is 4.98 Å². The number of hydrogen-bond acceptors (Lipinski definition) is 2. The Morgan fingerprint density at radius 2 is 2.33 bits per heavy atom. The van der Waals surface area contributed by atoms with Crippen molar-refractivity contribution in [3.05, 3.63) is 24.0 Å². The van der Waals surface area contributed by atoms with Crippen LogP contribution in [-0.4, -0.2) is 10.1 Å². The average molecular weight is 235 g/mol. The fraction of sp³-hybridized carbons (Fsp3) is 0.167. The number of hydrogen-bond donors (Lipinski definition) is 1.